The first-order chi connectivity index (χ1) is 6.79. The summed E-state index contributed by atoms with van der Waals surface area (Å²) in [6.45, 7) is 0. The topological polar surface area (TPSA) is 46.3 Å². The van der Waals surface area contributed by atoms with Gasteiger partial charge in [-0.1, -0.05) is 6.07 Å². The molecular weight excluding hydrogens is 246 g/mol. The van der Waals surface area contributed by atoms with E-state index >= 15 is 0 Å². The Morgan fingerprint density at radius 3 is 2.86 bits per heavy atom. The van der Waals surface area contributed by atoms with Crippen LogP contribution in [-0.4, -0.2) is 10.1 Å². The zero-order chi connectivity index (χ0) is 9.97. The Morgan fingerprint density at radius 2 is 2.29 bits per heavy atom. The maximum atomic E-state index is 9.93. The fraction of sp³-hybridized carbons (Fsp3) is 0.100. The lowest BCUT2D eigenvalue weighted by molar-refractivity contribution is 0.217. The van der Waals surface area contributed by atoms with Gasteiger partial charge in [0.25, 0.3) is 0 Å². The molecule has 1 N–H and O–H groups in total. The van der Waals surface area contributed by atoms with Crippen molar-refractivity contribution in [2.75, 3.05) is 0 Å². The first-order valence-electron chi connectivity index (χ1n) is 4.10. The summed E-state index contributed by atoms with van der Waals surface area (Å²) in [5, 5.41) is 9.93. The van der Waals surface area contributed by atoms with Gasteiger partial charge in [-0.3, -0.25) is 4.98 Å². The van der Waals surface area contributed by atoms with Gasteiger partial charge in [0.2, 0.25) is 0 Å². The van der Waals surface area contributed by atoms with E-state index < -0.39 is 6.10 Å². The van der Waals surface area contributed by atoms with E-state index in [4.69, 9.17) is 4.42 Å². The highest BCUT2D eigenvalue weighted by Crippen LogP contribution is 2.28. The zero-order valence-corrected chi connectivity index (χ0v) is 8.81. The smallest absolute Gasteiger partial charge is 0.175 e. The van der Waals surface area contributed by atoms with Crippen molar-refractivity contribution in [2.45, 2.75) is 6.10 Å². The van der Waals surface area contributed by atoms with Crippen LogP contribution in [0.3, 0.4) is 0 Å². The fourth-order valence-corrected chi connectivity index (χ4v) is 1.67. The normalized spacial score (nSPS) is 12.7. The Balaban J connectivity index is 2.34. The summed E-state index contributed by atoms with van der Waals surface area (Å²) < 4.78 is 5.59. The minimum atomic E-state index is -0.697. The van der Waals surface area contributed by atoms with E-state index in [2.05, 4.69) is 20.9 Å². The second-order valence-electron chi connectivity index (χ2n) is 2.84. The molecule has 0 radical (unpaired) electrons. The molecule has 0 aliphatic rings. The van der Waals surface area contributed by atoms with Crippen LogP contribution in [-0.2, 0) is 0 Å². The van der Waals surface area contributed by atoms with E-state index in [9.17, 15) is 5.11 Å². The highest BCUT2D eigenvalue weighted by molar-refractivity contribution is 9.10. The van der Waals surface area contributed by atoms with Gasteiger partial charge < -0.3 is 9.52 Å². The number of nitrogens with zero attached hydrogens (tertiary/aromatic N) is 1. The zero-order valence-electron chi connectivity index (χ0n) is 7.22. The molecule has 0 fully saturated rings. The van der Waals surface area contributed by atoms with Crippen LogP contribution in [0.4, 0.5) is 0 Å². The Hall–Kier alpha value is -1.13. The molecule has 2 aromatic rings. The highest BCUT2D eigenvalue weighted by atomic mass is 79.9. The van der Waals surface area contributed by atoms with Crippen LogP contribution in [0.25, 0.3) is 0 Å². The minimum absolute atomic E-state index is 0.550. The monoisotopic (exact) mass is 253 g/mol. The summed E-state index contributed by atoms with van der Waals surface area (Å²) in [4.78, 5) is 3.94. The third kappa shape index (κ3) is 1.71. The molecule has 0 amide bonds. The van der Waals surface area contributed by atoms with Crippen molar-refractivity contribution in [3.8, 4) is 0 Å². The fourth-order valence-electron chi connectivity index (χ4n) is 1.22. The van der Waals surface area contributed by atoms with Crippen molar-refractivity contribution in [3.63, 3.8) is 0 Å². The number of furan rings is 1. The molecule has 4 heteroatoms. The number of aromatic nitrogens is 1. The third-order valence-corrected chi connectivity index (χ3v) is 2.59. The quantitative estimate of drug-likeness (QED) is 0.895. The van der Waals surface area contributed by atoms with Crippen molar-refractivity contribution < 1.29 is 9.52 Å². The summed E-state index contributed by atoms with van der Waals surface area (Å²) in [7, 11) is 0. The average Bonchev–Trinajstić information content (AvgIpc) is 2.65. The third-order valence-electron chi connectivity index (χ3n) is 1.94. The first kappa shape index (κ1) is 9.43. The SMILES string of the molecule is OC(c1cccnc1)c1ccoc1Br. The highest BCUT2D eigenvalue weighted by Gasteiger charge is 2.15. The molecule has 0 saturated carbocycles. The predicted octanol–water partition coefficient (Wildman–Crippen LogP) is 2.52. The van der Waals surface area contributed by atoms with E-state index in [1.54, 1.807) is 24.5 Å². The second kappa shape index (κ2) is 3.94. The van der Waals surface area contributed by atoms with Gasteiger partial charge in [-0.05, 0) is 28.1 Å². The average molecular weight is 254 g/mol. The summed E-state index contributed by atoms with van der Waals surface area (Å²) in [6.07, 6.45) is 4.13. The standard InChI is InChI=1S/C10H8BrNO2/c11-10-8(3-5-14-10)9(13)7-2-1-4-12-6-7/h1-6,9,13H. The van der Waals surface area contributed by atoms with Crippen molar-refractivity contribution in [1.29, 1.82) is 0 Å². The molecule has 72 valence electrons. The molecule has 1 unspecified atom stereocenters. The van der Waals surface area contributed by atoms with Crippen LogP contribution in [0.1, 0.15) is 17.2 Å². The number of hydrogen-bond donors (Lipinski definition) is 1. The second-order valence-corrected chi connectivity index (χ2v) is 3.56. The van der Waals surface area contributed by atoms with Crippen molar-refractivity contribution in [2.24, 2.45) is 0 Å². The Labute approximate surface area is 89.5 Å². The molecule has 0 aliphatic carbocycles. The maximum absolute atomic E-state index is 9.93. The predicted molar refractivity (Wildman–Crippen MR) is 54.7 cm³/mol. The largest absolute Gasteiger partial charge is 0.457 e. The number of aliphatic hydroxyl groups excluding tert-OH is 1. The number of aliphatic hydroxyl groups is 1. The van der Waals surface area contributed by atoms with Crippen LogP contribution in [0.15, 0.2) is 45.9 Å². The molecule has 0 spiro atoms. The molecule has 14 heavy (non-hydrogen) atoms. The van der Waals surface area contributed by atoms with E-state index in [1.165, 1.54) is 6.26 Å². The lowest BCUT2D eigenvalue weighted by Crippen LogP contribution is -1.98. The number of rotatable bonds is 2. The van der Waals surface area contributed by atoms with Gasteiger partial charge in [0.15, 0.2) is 4.67 Å². The van der Waals surface area contributed by atoms with Crippen LogP contribution >= 0.6 is 15.9 Å². The summed E-state index contributed by atoms with van der Waals surface area (Å²) in [5.74, 6) is 0. The van der Waals surface area contributed by atoms with Crippen LogP contribution < -0.4 is 0 Å². The minimum Gasteiger partial charge on any atom is -0.457 e. The molecule has 1 atom stereocenters. The Bertz CT molecular complexity index is 413. The van der Waals surface area contributed by atoms with E-state index in [0.717, 1.165) is 5.56 Å². The first-order valence-corrected chi connectivity index (χ1v) is 4.89. The lowest BCUT2D eigenvalue weighted by Gasteiger charge is -2.07. The molecule has 0 bridgehead atoms. The van der Waals surface area contributed by atoms with E-state index in [-0.39, 0.29) is 0 Å². The molecular formula is C10H8BrNO2. The Morgan fingerprint density at radius 1 is 1.43 bits per heavy atom. The van der Waals surface area contributed by atoms with E-state index in [1.807, 2.05) is 6.07 Å². The molecule has 0 saturated heterocycles. The van der Waals surface area contributed by atoms with Crippen molar-refractivity contribution >= 4 is 15.9 Å². The molecule has 3 nitrogen and oxygen atoms in total. The Kier molecular flexibility index (Phi) is 2.65. The van der Waals surface area contributed by atoms with Crippen LogP contribution in [0.5, 0.6) is 0 Å². The van der Waals surface area contributed by atoms with Gasteiger partial charge in [-0.2, -0.15) is 0 Å². The summed E-state index contributed by atoms with van der Waals surface area (Å²) in [5.41, 5.74) is 1.45. The molecule has 0 aromatic carbocycles. The number of hydrogen-bond acceptors (Lipinski definition) is 3. The van der Waals surface area contributed by atoms with Crippen LogP contribution in [0.2, 0.25) is 0 Å². The summed E-state index contributed by atoms with van der Waals surface area (Å²) in [6, 6.07) is 5.32. The van der Waals surface area contributed by atoms with Crippen molar-refractivity contribution in [1.82, 2.24) is 4.98 Å². The van der Waals surface area contributed by atoms with Gasteiger partial charge in [0.05, 0.1) is 6.26 Å². The number of halogens is 1. The van der Waals surface area contributed by atoms with Gasteiger partial charge in [0.1, 0.15) is 6.10 Å². The number of pyridine rings is 1. The van der Waals surface area contributed by atoms with Crippen molar-refractivity contribution in [3.05, 3.63) is 52.7 Å². The molecule has 2 heterocycles. The maximum Gasteiger partial charge on any atom is 0.175 e. The molecule has 2 aromatic heterocycles. The van der Waals surface area contributed by atoms with Gasteiger partial charge >= 0.3 is 0 Å². The van der Waals surface area contributed by atoms with Gasteiger partial charge in [-0.25, -0.2) is 0 Å². The van der Waals surface area contributed by atoms with Gasteiger partial charge in [0, 0.05) is 23.5 Å². The van der Waals surface area contributed by atoms with Crippen LogP contribution in [0, 0.1) is 0 Å². The molecule has 2 rings (SSSR count). The lowest BCUT2D eigenvalue weighted by atomic mass is 10.1. The van der Waals surface area contributed by atoms with Gasteiger partial charge in [-0.15, -0.1) is 0 Å². The van der Waals surface area contributed by atoms with E-state index in [0.29, 0.717) is 10.2 Å². The summed E-state index contributed by atoms with van der Waals surface area (Å²) >= 11 is 3.22. The molecule has 0 aliphatic heterocycles.